The van der Waals surface area contributed by atoms with Gasteiger partial charge in [0.2, 0.25) is 12.7 Å². The topological polar surface area (TPSA) is 73.3 Å². The lowest BCUT2D eigenvalue weighted by molar-refractivity contribution is -0.125. The molecule has 31 heavy (non-hydrogen) atoms. The van der Waals surface area contributed by atoms with Crippen molar-refractivity contribution < 1.29 is 14.3 Å². The number of hydrogen-bond donors (Lipinski definition) is 1. The van der Waals surface area contributed by atoms with Crippen LogP contribution in [0.2, 0.25) is 0 Å². The van der Waals surface area contributed by atoms with Crippen LogP contribution in [-0.4, -0.2) is 22.7 Å². The molecular formula is C24H22BrN3O3. The number of anilines is 1. The Kier molecular flexibility index (Phi) is 3.67. The van der Waals surface area contributed by atoms with E-state index in [-0.39, 0.29) is 23.5 Å². The minimum Gasteiger partial charge on any atom is -0.454 e. The smallest absolute Gasteiger partial charge is 0.237 e. The molecule has 2 atom stereocenters. The van der Waals surface area contributed by atoms with Crippen LogP contribution in [0.15, 0.2) is 40.9 Å². The third kappa shape index (κ3) is 2.20. The van der Waals surface area contributed by atoms with E-state index >= 15 is 0 Å². The Morgan fingerprint density at radius 2 is 1.65 bits per heavy atom. The largest absolute Gasteiger partial charge is 0.454 e. The van der Waals surface area contributed by atoms with Gasteiger partial charge in [0.25, 0.3) is 0 Å². The van der Waals surface area contributed by atoms with Crippen LogP contribution in [0, 0.1) is 5.41 Å². The summed E-state index contributed by atoms with van der Waals surface area (Å²) in [5.74, 6) is 1.33. The number of para-hydroxylation sites is 1. The quantitative estimate of drug-likeness (QED) is 0.553. The molecule has 1 saturated carbocycles. The zero-order valence-corrected chi connectivity index (χ0v) is 19.2. The number of amides is 1. The molecule has 1 N–H and O–H groups in total. The van der Waals surface area contributed by atoms with E-state index in [0.29, 0.717) is 11.5 Å². The summed E-state index contributed by atoms with van der Waals surface area (Å²) in [6, 6.07) is 11.4. The summed E-state index contributed by atoms with van der Waals surface area (Å²) in [5, 5.41) is 3.18. The second kappa shape index (κ2) is 5.97. The van der Waals surface area contributed by atoms with E-state index in [4.69, 9.17) is 19.4 Å². The number of ether oxygens (including phenoxy) is 2. The Bertz CT molecular complexity index is 1290. The van der Waals surface area contributed by atoms with Gasteiger partial charge in [0, 0.05) is 22.0 Å². The summed E-state index contributed by atoms with van der Waals surface area (Å²) < 4.78 is 11.9. The number of fused-ring (bicyclic) bond motifs is 7. The fraction of sp³-hybridized carbons (Fsp3) is 0.375. The monoisotopic (exact) mass is 479 g/mol. The number of benzene rings is 2. The van der Waals surface area contributed by atoms with Crippen LogP contribution in [0.4, 0.5) is 5.69 Å². The Morgan fingerprint density at radius 3 is 2.32 bits per heavy atom. The molecule has 1 amide bonds. The number of hydrogen-bond acceptors (Lipinski definition) is 5. The predicted octanol–water partition coefficient (Wildman–Crippen LogP) is 5.09. The minimum absolute atomic E-state index is 0.0266. The van der Waals surface area contributed by atoms with Gasteiger partial charge in [0.05, 0.1) is 33.5 Å². The van der Waals surface area contributed by atoms with E-state index in [9.17, 15) is 4.79 Å². The van der Waals surface area contributed by atoms with Gasteiger partial charge in [-0.1, -0.05) is 32.9 Å². The molecule has 6 nitrogen and oxygen atoms in total. The fourth-order valence-corrected chi connectivity index (χ4v) is 6.17. The van der Waals surface area contributed by atoms with Crippen molar-refractivity contribution in [2.24, 2.45) is 5.41 Å². The summed E-state index contributed by atoms with van der Waals surface area (Å²) >= 11 is 3.55. The number of carbonyl (C=O) groups is 1. The minimum atomic E-state index is -0.760. The SMILES string of the molecule is CC12CCC(C(=O)Nc3ccccc3Br)(c3nc4cc5c(cc4nc31)OCO5)C2(C)C. The van der Waals surface area contributed by atoms with Crippen LogP contribution in [0.1, 0.15) is 45.0 Å². The van der Waals surface area contributed by atoms with Crippen molar-refractivity contribution in [3.05, 3.63) is 52.3 Å². The molecular weight excluding hydrogens is 458 g/mol. The van der Waals surface area contributed by atoms with Crippen molar-refractivity contribution in [1.29, 1.82) is 0 Å². The number of nitrogens with zero attached hydrogens (tertiary/aromatic N) is 2. The first-order valence-electron chi connectivity index (χ1n) is 10.5. The molecule has 0 saturated heterocycles. The first kappa shape index (κ1) is 19.0. The molecule has 2 aromatic carbocycles. The molecule has 2 aliphatic carbocycles. The van der Waals surface area contributed by atoms with Gasteiger partial charge in [-0.15, -0.1) is 0 Å². The second-order valence-corrected chi connectivity index (χ2v) is 10.3. The first-order valence-corrected chi connectivity index (χ1v) is 11.3. The molecule has 3 aromatic rings. The molecule has 1 fully saturated rings. The van der Waals surface area contributed by atoms with Gasteiger partial charge in [0.15, 0.2) is 11.5 Å². The van der Waals surface area contributed by atoms with Crippen LogP contribution in [0.25, 0.3) is 11.0 Å². The van der Waals surface area contributed by atoms with Crippen LogP contribution in [-0.2, 0) is 15.6 Å². The number of nitrogens with one attached hydrogen (secondary N) is 1. The molecule has 0 spiro atoms. The number of rotatable bonds is 2. The second-order valence-electron chi connectivity index (χ2n) is 9.41. The molecule has 2 unspecified atom stereocenters. The highest BCUT2D eigenvalue weighted by Crippen LogP contribution is 2.70. The van der Waals surface area contributed by atoms with Crippen molar-refractivity contribution in [3.8, 4) is 11.5 Å². The van der Waals surface area contributed by atoms with E-state index in [1.807, 2.05) is 36.4 Å². The molecule has 1 aromatic heterocycles. The van der Waals surface area contributed by atoms with E-state index in [1.165, 1.54) is 0 Å². The lowest BCUT2D eigenvalue weighted by Gasteiger charge is -2.39. The highest BCUT2D eigenvalue weighted by molar-refractivity contribution is 9.10. The van der Waals surface area contributed by atoms with Gasteiger partial charge in [-0.05, 0) is 46.3 Å². The van der Waals surface area contributed by atoms with Crippen molar-refractivity contribution >= 4 is 38.6 Å². The molecule has 3 aliphatic rings. The Morgan fingerprint density at radius 1 is 1.00 bits per heavy atom. The lowest BCUT2D eigenvalue weighted by atomic mass is 9.63. The Balaban J connectivity index is 1.55. The van der Waals surface area contributed by atoms with Gasteiger partial charge in [-0.25, -0.2) is 9.97 Å². The van der Waals surface area contributed by atoms with E-state index in [0.717, 1.165) is 45.4 Å². The van der Waals surface area contributed by atoms with Crippen LogP contribution in [0.5, 0.6) is 11.5 Å². The number of carbonyl (C=O) groups excluding carboxylic acids is 1. The van der Waals surface area contributed by atoms with Crippen LogP contribution >= 0.6 is 15.9 Å². The van der Waals surface area contributed by atoms with Crippen LogP contribution < -0.4 is 14.8 Å². The normalized spacial score (nSPS) is 26.8. The highest BCUT2D eigenvalue weighted by atomic mass is 79.9. The average Bonchev–Trinajstić information content (AvgIpc) is 3.31. The van der Waals surface area contributed by atoms with Crippen LogP contribution in [0.3, 0.4) is 0 Å². The summed E-state index contributed by atoms with van der Waals surface area (Å²) in [5.41, 5.74) is 2.63. The highest BCUT2D eigenvalue weighted by Gasteiger charge is 2.73. The van der Waals surface area contributed by atoms with E-state index in [1.54, 1.807) is 0 Å². The third-order valence-corrected chi connectivity index (χ3v) is 8.73. The molecule has 6 rings (SSSR count). The van der Waals surface area contributed by atoms with E-state index < -0.39 is 5.41 Å². The van der Waals surface area contributed by atoms with Crippen molar-refractivity contribution in [2.75, 3.05) is 12.1 Å². The fourth-order valence-electron chi connectivity index (χ4n) is 5.79. The summed E-state index contributed by atoms with van der Waals surface area (Å²) in [6.45, 7) is 6.79. The van der Waals surface area contributed by atoms with Gasteiger partial charge in [0.1, 0.15) is 0 Å². The zero-order chi connectivity index (χ0) is 21.6. The molecule has 0 radical (unpaired) electrons. The van der Waals surface area contributed by atoms with Crippen molar-refractivity contribution in [1.82, 2.24) is 9.97 Å². The van der Waals surface area contributed by atoms with Crippen molar-refractivity contribution in [2.45, 2.75) is 44.4 Å². The zero-order valence-electron chi connectivity index (χ0n) is 17.6. The van der Waals surface area contributed by atoms with Gasteiger partial charge < -0.3 is 14.8 Å². The maximum absolute atomic E-state index is 13.9. The number of halogens is 1. The number of aromatic nitrogens is 2. The van der Waals surface area contributed by atoms with E-state index in [2.05, 4.69) is 42.0 Å². The Labute approximate surface area is 188 Å². The first-order chi connectivity index (χ1) is 14.8. The van der Waals surface area contributed by atoms with Gasteiger partial charge in [-0.3, -0.25) is 4.79 Å². The molecule has 2 bridgehead atoms. The maximum atomic E-state index is 13.9. The molecule has 7 heteroatoms. The Hall–Kier alpha value is -2.67. The predicted molar refractivity (Wildman–Crippen MR) is 120 cm³/mol. The third-order valence-electron chi connectivity index (χ3n) is 8.04. The summed E-state index contributed by atoms with van der Waals surface area (Å²) in [4.78, 5) is 24.0. The molecule has 158 valence electrons. The molecule has 1 aliphatic heterocycles. The molecule has 2 heterocycles. The summed E-state index contributed by atoms with van der Waals surface area (Å²) in [7, 11) is 0. The summed E-state index contributed by atoms with van der Waals surface area (Å²) in [6.07, 6.45) is 1.63. The average molecular weight is 480 g/mol. The van der Waals surface area contributed by atoms with Crippen molar-refractivity contribution in [3.63, 3.8) is 0 Å². The maximum Gasteiger partial charge on any atom is 0.237 e. The lowest BCUT2D eigenvalue weighted by Crippen LogP contribution is -2.48. The van der Waals surface area contributed by atoms with Gasteiger partial charge >= 0.3 is 0 Å². The van der Waals surface area contributed by atoms with Gasteiger partial charge in [-0.2, -0.15) is 0 Å². The standard InChI is InChI=1S/C24H22BrN3O3/c1-22(2)23(3)8-9-24(22,21(29)28-14-7-5-4-6-13(14)25)20-19(23)26-15-10-17-18(31-12-30-17)11-16(15)27-20/h4-7,10-11H,8-9,12H2,1-3H3,(H,28,29).